The zero-order valence-electron chi connectivity index (χ0n) is 10.3. The molecule has 1 aromatic rings. The van der Waals surface area contributed by atoms with Crippen molar-refractivity contribution in [2.24, 2.45) is 0 Å². The second kappa shape index (κ2) is 6.64. The molecule has 5 heteroatoms. The summed E-state index contributed by atoms with van der Waals surface area (Å²) in [5.41, 5.74) is 1.81. The Morgan fingerprint density at radius 1 is 1.22 bits per heavy atom. The van der Waals surface area contributed by atoms with Gasteiger partial charge in [0.25, 0.3) is 0 Å². The maximum atomic E-state index is 11.9. The summed E-state index contributed by atoms with van der Waals surface area (Å²) in [4.78, 5) is 0. The van der Waals surface area contributed by atoms with Crippen LogP contribution in [-0.4, -0.2) is 17.8 Å². The maximum absolute atomic E-state index is 11.9. The number of aryl methyl sites for hydroxylation is 1. The van der Waals surface area contributed by atoms with E-state index in [1.54, 1.807) is 6.07 Å². The fourth-order valence-corrected chi connectivity index (χ4v) is 1.65. The van der Waals surface area contributed by atoms with E-state index in [4.69, 9.17) is 0 Å². The highest BCUT2D eigenvalue weighted by Gasteiger charge is 2.25. The molecule has 0 unspecified atom stereocenters. The summed E-state index contributed by atoms with van der Waals surface area (Å²) in [6.07, 6.45) is -4.18. The molecule has 1 aromatic carbocycles. The van der Waals surface area contributed by atoms with Crippen molar-refractivity contribution in [2.75, 3.05) is 6.54 Å². The van der Waals surface area contributed by atoms with Crippen molar-refractivity contribution in [3.63, 3.8) is 0 Å². The summed E-state index contributed by atoms with van der Waals surface area (Å²) in [6.45, 7) is 2.91. The van der Waals surface area contributed by atoms with E-state index in [0.717, 1.165) is 11.1 Å². The number of rotatable bonds is 6. The van der Waals surface area contributed by atoms with Crippen LogP contribution in [-0.2, 0) is 6.54 Å². The van der Waals surface area contributed by atoms with Gasteiger partial charge in [-0.2, -0.15) is 13.2 Å². The van der Waals surface area contributed by atoms with Gasteiger partial charge in [0.15, 0.2) is 0 Å². The molecule has 2 N–H and O–H groups in total. The molecule has 18 heavy (non-hydrogen) atoms. The third-order valence-electron chi connectivity index (χ3n) is 2.61. The molecule has 1 rings (SSSR count). The smallest absolute Gasteiger partial charge is 0.389 e. The van der Waals surface area contributed by atoms with Gasteiger partial charge in [0.2, 0.25) is 0 Å². The van der Waals surface area contributed by atoms with Crippen molar-refractivity contribution < 1.29 is 18.3 Å². The van der Waals surface area contributed by atoms with E-state index < -0.39 is 12.6 Å². The Bertz CT molecular complexity index is 377. The number of unbranched alkanes of at least 4 members (excludes halogenated alkanes) is 1. The van der Waals surface area contributed by atoms with Crippen molar-refractivity contribution in [1.29, 1.82) is 0 Å². The molecule has 102 valence electrons. The average Bonchev–Trinajstić information content (AvgIpc) is 2.26. The highest BCUT2D eigenvalue weighted by Crippen LogP contribution is 2.22. The number of nitrogens with one attached hydrogen (secondary N) is 1. The Hall–Kier alpha value is -1.23. The zero-order chi connectivity index (χ0) is 13.6. The lowest BCUT2D eigenvalue weighted by Crippen LogP contribution is -2.16. The van der Waals surface area contributed by atoms with Gasteiger partial charge in [-0.25, -0.2) is 0 Å². The largest absolute Gasteiger partial charge is 0.508 e. The SMILES string of the molecule is Cc1ccc(O)c(CNCCCCC(F)(F)F)c1. The number of halogens is 3. The first-order valence-electron chi connectivity index (χ1n) is 5.94. The molecule has 0 atom stereocenters. The number of phenolic OH excluding ortho intramolecular Hbond substituents is 1. The predicted molar refractivity (Wildman–Crippen MR) is 64.5 cm³/mol. The minimum atomic E-state index is -4.06. The highest BCUT2D eigenvalue weighted by molar-refractivity contribution is 5.35. The van der Waals surface area contributed by atoms with Crippen molar-refractivity contribution in [1.82, 2.24) is 5.32 Å². The molecule has 0 saturated carbocycles. The molecular formula is C13H18F3NO. The molecule has 0 aliphatic carbocycles. The van der Waals surface area contributed by atoms with Gasteiger partial charge >= 0.3 is 6.18 Å². The fourth-order valence-electron chi connectivity index (χ4n) is 1.65. The van der Waals surface area contributed by atoms with E-state index in [0.29, 0.717) is 19.5 Å². The van der Waals surface area contributed by atoms with Gasteiger partial charge in [-0.3, -0.25) is 0 Å². The minimum absolute atomic E-state index is 0.135. The second-order valence-electron chi connectivity index (χ2n) is 4.38. The topological polar surface area (TPSA) is 32.3 Å². The maximum Gasteiger partial charge on any atom is 0.389 e. The average molecular weight is 261 g/mol. The lowest BCUT2D eigenvalue weighted by atomic mass is 10.1. The van der Waals surface area contributed by atoms with Crippen LogP contribution < -0.4 is 5.32 Å². The van der Waals surface area contributed by atoms with Crippen molar-refractivity contribution in [3.05, 3.63) is 29.3 Å². The van der Waals surface area contributed by atoms with Crippen LogP contribution in [0.3, 0.4) is 0 Å². The van der Waals surface area contributed by atoms with Crippen LogP contribution in [0.4, 0.5) is 13.2 Å². The van der Waals surface area contributed by atoms with Crippen molar-refractivity contribution in [2.45, 2.75) is 38.9 Å². The Labute approximate surface area is 105 Å². The molecule has 0 bridgehead atoms. The minimum Gasteiger partial charge on any atom is -0.508 e. The van der Waals surface area contributed by atoms with E-state index in [1.807, 2.05) is 19.1 Å². The van der Waals surface area contributed by atoms with Crippen LogP contribution in [0.2, 0.25) is 0 Å². The van der Waals surface area contributed by atoms with Gasteiger partial charge in [-0.05, 0) is 32.4 Å². The molecule has 2 nitrogen and oxygen atoms in total. The molecule has 0 aromatic heterocycles. The Morgan fingerprint density at radius 2 is 1.94 bits per heavy atom. The van der Waals surface area contributed by atoms with Crippen LogP contribution in [0.1, 0.15) is 30.4 Å². The van der Waals surface area contributed by atoms with E-state index in [1.165, 1.54) is 0 Å². The van der Waals surface area contributed by atoms with Crippen LogP contribution in [0.25, 0.3) is 0 Å². The highest BCUT2D eigenvalue weighted by atomic mass is 19.4. The molecule has 0 heterocycles. The van der Waals surface area contributed by atoms with E-state index in [-0.39, 0.29) is 12.2 Å². The lowest BCUT2D eigenvalue weighted by molar-refractivity contribution is -0.135. The van der Waals surface area contributed by atoms with Gasteiger partial charge in [-0.15, -0.1) is 0 Å². The standard InChI is InChI=1S/C13H18F3NO/c1-10-4-5-12(18)11(8-10)9-17-7-3-2-6-13(14,15)16/h4-5,8,17-18H,2-3,6-7,9H2,1H3. The van der Waals surface area contributed by atoms with Crippen LogP contribution >= 0.6 is 0 Å². The Morgan fingerprint density at radius 3 is 2.61 bits per heavy atom. The van der Waals surface area contributed by atoms with Crippen LogP contribution in [0, 0.1) is 6.92 Å². The summed E-state index contributed by atoms with van der Waals surface area (Å²) < 4.78 is 35.6. The van der Waals surface area contributed by atoms with Gasteiger partial charge in [-0.1, -0.05) is 17.7 Å². The van der Waals surface area contributed by atoms with Crippen LogP contribution in [0.5, 0.6) is 5.75 Å². The zero-order valence-corrected chi connectivity index (χ0v) is 10.3. The Kier molecular flexibility index (Phi) is 5.47. The second-order valence-corrected chi connectivity index (χ2v) is 4.38. The molecule has 0 spiro atoms. The number of hydrogen-bond acceptors (Lipinski definition) is 2. The first-order chi connectivity index (χ1) is 8.38. The molecular weight excluding hydrogens is 243 g/mol. The van der Waals surface area contributed by atoms with Gasteiger partial charge in [0, 0.05) is 18.5 Å². The normalized spacial score (nSPS) is 11.8. The first-order valence-corrected chi connectivity index (χ1v) is 5.94. The van der Waals surface area contributed by atoms with Gasteiger partial charge in [0.05, 0.1) is 0 Å². The third-order valence-corrected chi connectivity index (χ3v) is 2.61. The van der Waals surface area contributed by atoms with Crippen molar-refractivity contribution >= 4 is 0 Å². The quantitative estimate of drug-likeness (QED) is 0.768. The molecule has 0 fully saturated rings. The summed E-state index contributed by atoms with van der Waals surface area (Å²) in [7, 11) is 0. The summed E-state index contributed by atoms with van der Waals surface area (Å²) in [5.74, 6) is 0.211. The molecule has 0 saturated heterocycles. The monoisotopic (exact) mass is 261 g/mol. The third kappa shape index (κ3) is 5.91. The summed E-state index contributed by atoms with van der Waals surface area (Å²) in [6, 6.07) is 5.29. The van der Waals surface area contributed by atoms with E-state index >= 15 is 0 Å². The number of benzene rings is 1. The lowest BCUT2D eigenvalue weighted by Gasteiger charge is -2.08. The van der Waals surface area contributed by atoms with Gasteiger partial charge < -0.3 is 10.4 Å². The number of aromatic hydroxyl groups is 1. The molecule has 0 radical (unpaired) electrons. The number of hydrogen-bond donors (Lipinski definition) is 2. The Balaban J connectivity index is 2.20. The van der Waals surface area contributed by atoms with Crippen LogP contribution in [0.15, 0.2) is 18.2 Å². The fraction of sp³-hybridized carbons (Fsp3) is 0.538. The summed E-state index contributed by atoms with van der Waals surface area (Å²) >= 11 is 0. The molecule has 0 aliphatic rings. The number of alkyl halides is 3. The summed E-state index contributed by atoms with van der Waals surface area (Å²) in [5, 5.41) is 12.6. The number of phenols is 1. The van der Waals surface area contributed by atoms with E-state index in [9.17, 15) is 18.3 Å². The van der Waals surface area contributed by atoms with Gasteiger partial charge in [0.1, 0.15) is 5.75 Å². The first kappa shape index (κ1) is 14.8. The van der Waals surface area contributed by atoms with Crippen molar-refractivity contribution in [3.8, 4) is 5.75 Å². The molecule has 0 amide bonds. The van der Waals surface area contributed by atoms with E-state index in [2.05, 4.69) is 5.32 Å². The molecule has 0 aliphatic heterocycles. The predicted octanol–water partition coefficient (Wildman–Crippen LogP) is 3.52.